The molecule has 0 aliphatic carbocycles. The Morgan fingerprint density at radius 2 is 1.85 bits per heavy atom. The van der Waals surface area contributed by atoms with E-state index in [9.17, 15) is 13.2 Å². The van der Waals surface area contributed by atoms with Crippen molar-refractivity contribution in [1.82, 2.24) is 4.31 Å². The molecule has 1 aromatic carbocycles. The second-order valence-electron chi connectivity index (χ2n) is 4.31. The number of ether oxygens (including phenoxy) is 1. The van der Waals surface area contributed by atoms with Crippen LogP contribution in [0.3, 0.4) is 0 Å². The smallest absolute Gasteiger partial charge is 0.355 e. The van der Waals surface area contributed by atoms with Crippen LogP contribution in [-0.2, 0) is 19.7 Å². The van der Waals surface area contributed by atoms with E-state index in [1.807, 2.05) is 19.1 Å². The third-order valence-corrected chi connectivity index (χ3v) is 4.23. The van der Waals surface area contributed by atoms with Crippen LogP contribution in [0, 0.1) is 6.92 Å². The van der Waals surface area contributed by atoms with Crippen LogP contribution < -0.4 is 0 Å². The second-order valence-corrected chi connectivity index (χ2v) is 5.93. The van der Waals surface area contributed by atoms with Crippen LogP contribution in [0.4, 0.5) is 0 Å². The minimum absolute atomic E-state index is 0.0712. The number of hydrogen-bond donors (Lipinski definition) is 0. The quantitative estimate of drug-likeness (QED) is 0.763. The van der Waals surface area contributed by atoms with Crippen LogP contribution in [0.25, 0.3) is 0 Å². The number of allylic oxidation sites excluding steroid dienone is 1. The summed E-state index contributed by atoms with van der Waals surface area (Å²) in [5, 5.41) is 0. The molecule has 0 unspecified atom stereocenters. The molecule has 0 fully saturated rings. The van der Waals surface area contributed by atoms with Gasteiger partial charge in [0.1, 0.15) is 5.70 Å². The van der Waals surface area contributed by atoms with Gasteiger partial charge in [0.15, 0.2) is 0 Å². The average molecular weight is 294 g/mol. The number of likely N-dealkylation sites (N-methyl/N-ethyl adjacent to an activating group) is 1. The topological polar surface area (TPSA) is 76.0 Å². The van der Waals surface area contributed by atoms with Crippen molar-refractivity contribution >= 4 is 21.9 Å². The predicted molar refractivity (Wildman–Crippen MR) is 74.5 cm³/mol. The highest BCUT2D eigenvalue weighted by Gasteiger charge is 2.30. The lowest BCUT2D eigenvalue weighted by atomic mass is 10.1. The van der Waals surface area contributed by atoms with E-state index in [-0.39, 0.29) is 11.4 Å². The normalized spacial score (nSPS) is 17.2. The molecule has 0 aromatic heterocycles. The van der Waals surface area contributed by atoms with Crippen LogP contribution in [0.2, 0.25) is 0 Å². The maximum atomic E-state index is 12.0. The molecule has 0 amide bonds. The Morgan fingerprint density at radius 1 is 1.25 bits per heavy atom. The summed E-state index contributed by atoms with van der Waals surface area (Å²) in [6.07, 6.45) is 1.40. The van der Waals surface area contributed by atoms with Crippen LogP contribution in [0.15, 0.2) is 40.4 Å². The van der Waals surface area contributed by atoms with E-state index in [0.717, 1.165) is 9.87 Å². The van der Waals surface area contributed by atoms with E-state index in [0.29, 0.717) is 5.56 Å². The van der Waals surface area contributed by atoms with Crippen molar-refractivity contribution in [2.45, 2.75) is 6.92 Å². The minimum atomic E-state index is -3.92. The maximum absolute atomic E-state index is 12.0. The number of benzene rings is 1. The molecule has 106 valence electrons. The van der Waals surface area contributed by atoms with Gasteiger partial charge < -0.3 is 4.74 Å². The molecular formula is C13H14N2O4S. The van der Waals surface area contributed by atoms with E-state index >= 15 is 0 Å². The maximum Gasteiger partial charge on any atom is 0.355 e. The number of nitrogens with zero attached hydrogens (tertiary/aromatic N) is 2. The Balaban J connectivity index is 2.55. The summed E-state index contributed by atoms with van der Waals surface area (Å²) in [4.78, 5) is 11.6. The first-order chi connectivity index (χ1) is 9.35. The molecule has 0 bridgehead atoms. The molecular weight excluding hydrogens is 280 g/mol. The summed E-state index contributed by atoms with van der Waals surface area (Å²) in [6.45, 7) is 1.92. The average Bonchev–Trinajstić information content (AvgIpc) is 2.41. The van der Waals surface area contributed by atoms with E-state index in [1.165, 1.54) is 20.2 Å². The van der Waals surface area contributed by atoms with E-state index < -0.39 is 16.2 Å². The SMILES string of the molecule is COC(=O)C1=CC(c2ccc(C)cc2)=NS(=O)(=O)N1C. The minimum Gasteiger partial charge on any atom is -0.464 e. The number of hydrogen-bond acceptors (Lipinski definition) is 4. The van der Waals surface area contributed by atoms with Crippen LogP contribution in [0.5, 0.6) is 0 Å². The zero-order valence-electron chi connectivity index (χ0n) is 11.3. The van der Waals surface area contributed by atoms with Gasteiger partial charge in [-0.3, -0.25) is 0 Å². The van der Waals surface area contributed by atoms with Gasteiger partial charge in [-0.1, -0.05) is 29.8 Å². The first kappa shape index (κ1) is 14.3. The molecule has 1 aliphatic heterocycles. The molecule has 0 spiro atoms. The third-order valence-electron chi connectivity index (χ3n) is 2.91. The number of rotatable bonds is 2. The van der Waals surface area contributed by atoms with Gasteiger partial charge in [0.2, 0.25) is 0 Å². The standard InChI is InChI=1S/C13H14N2O4S/c1-9-4-6-10(7-5-9)11-8-12(13(16)19-3)15(2)20(17,18)14-11/h4-8H,1-3H3. The van der Waals surface area contributed by atoms with Crippen molar-refractivity contribution in [1.29, 1.82) is 0 Å². The fourth-order valence-corrected chi connectivity index (χ4v) is 2.61. The lowest BCUT2D eigenvalue weighted by molar-refractivity contribution is -0.137. The lowest BCUT2D eigenvalue weighted by Gasteiger charge is -2.22. The van der Waals surface area contributed by atoms with E-state index in [1.54, 1.807) is 12.1 Å². The van der Waals surface area contributed by atoms with Crippen molar-refractivity contribution in [2.24, 2.45) is 4.40 Å². The first-order valence-corrected chi connectivity index (χ1v) is 7.21. The van der Waals surface area contributed by atoms with E-state index in [4.69, 9.17) is 0 Å². The lowest BCUT2D eigenvalue weighted by Crippen LogP contribution is -2.33. The molecule has 0 N–H and O–H groups in total. The van der Waals surface area contributed by atoms with E-state index in [2.05, 4.69) is 9.13 Å². The second kappa shape index (κ2) is 5.09. The molecule has 2 rings (SSSR count). The third kappa shape index (κ3) is 2.57. The highest BCUT2D eigenvalue weighted by atomic mass is 32.2. The van der Waals surface area contributed by atoms with Gasteiger partial charge in [0.25, 0.3) is 0 Å². The number of carbonyl (C=O) groups excluding carboxylic acids is 1. The molecule has 0 atom stereocenters. The summed E-state index contributed by atoms with van der Waals surface area (Å²) in [6, 6.07) is 7.18. The summed E-state index contributed by atoms with van der Waals surface area (Å²) < 4.78 is 33.0. The fourth-order valence-electron chi connectivity index (χ4n) is 1.71. The van der Waals surface area contributed by atoms with Gasteiger partial charge in [0.05, 0.1) is 12.8 Å². The van der Waals surface area contributed by atoms with Crippen LogP contribution in [0.1, 0.15) is 11.1 Å². The fraction of sp³-hybridized carbons (Fsp3) is 0.231. The van der Waals surface area contributed by atoms with Gasteiger partial charge in [-0.2, -0.15) is 8.42 Å². The number of aryl methyl sites for hydroxylation is 1. The zero-order chi connectivity index (χ0) is 14.9. The molecule has 1 aromatic rings. The number of esters is 1. The summed E-state index contributed by atoms with van der Waals surface area (Å²) in [5.74, 6) is -0.726. The molecule has 6 nitrogen and oxygen atoms in total. The Hall–Kier alpha value is -2.15. The largest absolute Gasteiger partial charge is 0.464 e. The zero-order valence-corrected chi connectivity index (χ0v) is 12.1. The van der Waals surface area contributed by atoms with Crippen molar-refractivity contribution in [3.8, 4) is 0 Å². The van der Waals surface area contributed by atoms with Gasteiger partial charge in [-0.25, -0.2) is 9.10 Å². The van der Waals surface area contributed by atoms with Gasteiger partial charge in [-0.05, 0) is 13.0 Å². The highest BCUT2D eigenvalue weighted by molar-refractivity contribution is 7.88. The molecule has 0 saturated heterocycles. The van der Waals surface area contributed by atoms with Gasteiger partial charge in [-0.15, -0.1) is 4.40 Å². The van der Waals surface area contributed by atoms with Gasteiger partial charge >= 0.3 is 16.2 Å². The summed E-state index contributed by atoms with van der Waals surface area (Å²) in [5.41, 5.74) is 1.80. The Morgan fingerprint density at radius 3 is 2.40 bits per heavy atom. The molecule has 1 aliphatic rings. The van der Waals surface area contributed by atoms with Crippen LogP contribution in [-0.4, -0.2) is 38.6 Å². The van der Waals surface area contributed by atoms with Crippen molar-refractivity contribution < 1.29 is 17.9 Å². The molecule has 0 saturated carbocycles. The summed E-state index contributed by atoms with van der Waals surface area (Å²) in [7, 11) is -1.47. The molecule has 7 heteroatoms. The number of carbonyl (C=O) groups is 1. The number of methoxy groups -OCH3 is 1. The molecule has 1 heterocycles. The molecule has 20 heavy (non-hydrogen) atoms. The first-order valence-electron chi connectivity index (χ1n) is 5.81. The Labute approximate surface area is 117 Å². The predicted octanol–water partition coefficient (Wildman–Crippen LogP) is 1.03. The molecule has 0 radical (unpaired) electrons. The van der Waals surface area contributed by atoms with Crippen LogP contribution >= 0.6 is 0 Å². The van der Waals surface area contributed by atoms with Crippen molar-refractivity contribution in [3.05, 3.63) is 47.2 Å². The Kier molecular flexibility index (Phi) is 3.63. The van der Waals surface area contributed by atoms with Crippen molar-refractivity contribution in [3.63, 3.8) is 0 Å². The van der Waals surface area contributed by atoms with Gasteiger partial charge in [0, 0.05) is 12.6 Å². The highest BCUT2D eigenvalue weighted by Crippen LogP contribution is 2.20. The van der Waals surface area contributed by atoms with Crippen molar-refractivity contribution in [2.75, 3.05) is 14.2 Å². The monoisotopic (exact) mass is 294 g/mol. The summed E-state index contributed by atoms with van der Waals surface area (Å²) >= 11 is 0. The Bertz CT molecular complexity index is 702.